The summed E-state index contributed by atoms with van der Waals surface area (Å²) in [5.74, 6) is 0.794. The molecule has 3 rings (SSSR count). The zero-order valence-corrected chi connectivity index (χ0v) is 17.5. The largest absolute Gasteiger partial charge is 0.352 e. The Balaban J connectivity index is 2.18. The lowest BCUT2D eigenvalue weighted by Crippen LogP contribution is -2.32. The topological polar surface area (TPSA) is 67.2 Å². The molecule has 0 fully saturated rings. The Labute approximate surface area is 171 Å². The molecule has 6 nitrogen and oxygen atoms in total. The fourth-order valence-electron chi connectivity index (χ4n) is 3.24. The minimum Gasteiger partial charge on any atom is -0.352 e. The van der Waals surface area contributed by atoms with Crippen molar-refractivity contribution < 1.29 is 4.79 Å². The molecule has 1 amide bonds. The van der Waals surface area contributed by atoms with Crippen LogP contribution in [-0.4, -0.2) is 35.1 Å². The number of anilines is 1. The van der Waals surface area contributed by atoms with Gasteiger partial charge in [0.25, 0.3) is 11.5 Å². The van der Waals surface area contributed by atoms with Crippen LogP contribution in [0.5, 0.6) is 0 Å². The average Bonchev–Trinajstić information content (AvgIpc) is 2.73. The molecule has 152 valence electrons. The predicted molar refractivity (Wildman–Crippen MR) is 118 cm³/mol. The maximum atomic E-state index is 13.4. The van der Waals surface area contributed by atoms with E-state index in [4.69, 9.17) is 4.98 Å². The van der Waals surface area contributed by atoms with Crippen LogP contribution in [0.15, 0.2) is 53.3 Å². The number of nitrogens with one attached hydrogen (secondary N) is 1. The number of carbonyl (C=O) groups is 1. The maximum absolute atomic E-state index is 13.4. The van der Waals surface area contributed by atoms with E-state index in [2.05, 4.69) is 5.32 Å². The highest BCUT2D eigenvalue weighted by atomic mass is 16.1. The normalized spacial score (nSPS) is 11.1. The number of rotatable bonds is 7. The average molecular weight is 393 g/mol. The van der Waals surface area contributed by atoms with Crippen molar-refractivity contribution in [3.63, 3.8) is 0 Å². The lowest BCUT2D eigenvalue weighted by Gasteiger charge is -2.24. The Morgan fingerprint density at radius 1 is 1.10 bits per heavy atom. The summed E-state index contributed by atoms with van der Waals surface area (Å²) in [4.78, 5) is 32.7. The van der Waals surface area contributed by atoms with Gasteiger partial charge < -0.3 is 10.2 Å². The SMILES string of the molecule is CCN(CC)c1nc2cc(C(=O)NCC(C)C)ccc2c(=O)n1-c1ccccc1. The Morgan fingerprint density at radius 3 is 2.41 bits per heavy atom. The molecule has 29 heavy (non-hydrogen) atoms. The number of benzene rings is 2. The second kappa shape index (κ2) is 8.90. The summed E-state index contributed by atoms with van der Waals surface area (Å²) in [6.07, 6.45) is 0. The molecule has 0 spiro atoms. The van der Waals surface area contributed by atoms with E-state index in [0.717, 1.165) is 18.8 Å². The van der Waals surface area contributed by atoms with Crippen LogP contribution in [0.1, 0.15) is 38.1 Å². The molecule has 0 aliphatic heterocycles. The first-order valence-electron chi connectivity index (χ1n) is 10.1. The van der Waals surface area contributed by atoms with Crippen LogP contribution in [0.2, 0.25) is 0 Å². The molecule has 1 aromatic heterocycles. The predicted octanol–water partition coefficient (Wildman–Crippen LogP) is 3.62. The molecule has 0 bridgehead atoms. The van der Waals surface area contributed by atoms with Gasteiger partial charge in [0, 0.05) is 25.2 Å². The third-order valence-electron chi connectivity index (χ3n) is 4.85. The van der Waals surface area contributed by atoms with Gasteiger partial charge in [-0.05, 0) is 50.1 Å². The third-order valence-corrected chi connectivity index (χ3v) is 4.85. The van der Waals surface area contributed by atoms with Crippen molar-refractivity contribution >= 4 is 22.8 Å². The highest BCUT2D eigenvalue weighted by Gasteiger charge is 2.18. The quantitative estimate of drug-likeness (QED) is 0.667. The molecule has 0 aliphatic rings. The molecule has 1 heterocycles. The van der Waals surface area contributed by atoms with Crippen LogP contribution in [0.4, 0.5) is 5.95 Å². The van der Waals surface area contributed by atoms with Crippen molar-refractivity contribution in [2.75, 3.05) is 24.5 Å². The van der Waals surface area contributed by atoms with E-state index in [1.807, 2.05) is 62.9 Å². The lowest BCUT2D eigenvalue weighted by molar-refractivity contribution is 0.0949. The van der Waals surface area contributed by atoms with Crippen LogP contribution in [0.25, 0.3) is 16.6 Å². The summed E-state index contributed by atoms with van der Waals surface area (Å²) in [6.45, 7) is 10.2. The van der Waals surface area contributed by atoms with Crippen molar-refractivity contribution in [2.24, 2.45) is 5.92 Å². The molecule has 1 N–H and O–H groups in total. The first-order chi connectivity index (χ1) is 14.0. The van der Waals surface area contributed by atoms with Gasteiger partial charge in [0.2, 0.25) is 5.95 Å². The van der Waals surface area contributed by atoms with Gasteiger partial charge in [-0.25, -0.2) is 9.55 Å². The Bertz CT molecular complexity index is 1050. The summed E-state index contributed by atoms with van der Waals surface area (Å²) in [7, 11) is 0. The molecule has 0 atom stereocenters. The summed E-state index contributed by atoms with van der Waals surface area (Å²) < 4.78 is 1.65. The van der Waals surface area contributed by atoms with Crippen LogP contribution < -0.4 is 15.8 Å². The van der Waals surface area contributed by atoms with Crippen LogP contribution >= 0.6 is 0 Å². The van der Waals surface area contributed by atoms with Crippen molar-refractivity contribution in [2.45, 2.75) is 27.7 Å². The number of amides is 1. The van der Waals surface area contributed by atoms with E-state index in [0.29, 0.717) is 34.9 Å². The van der Waals surface area contributed by atoms with Gasteiger partial charge in [-0.1, -0.05) is 32.0 Å². The number of para-hydroxylation sites is 1. The molecule has 3 aromatic rings. The van der Waals surface area contributed by atoms with Crippen LogP contribution in [0.3, 0.4) is 0 Å². The molecule has 0 saturated carbocycles. The van der Waals surface area contributed by atoms with Crippen LogP contribution in [-0.2, 0) is 0 Å². The molecule has 0 saturated heterocycles. The second-order valence-corrected chi connectivity index (χ2v) is 7.40. The van der Waals surface area contributed by atoms with E-state index in [-0.39, 0.29) is 11.5 Å². The highest BCUT2D eigenvalue weighted by Crippen LogP contribution is 2.20. The van der Waals surface area contributed by atoms with Gasteiger partial charge in [-0.2, -0.15) is 0 Å². The smallest absolute Gasteiger partial charge is 0.267 e. The van der Waals surface area contributed by atoms with E-state index in [9.17, 15) is 9.59 Å². The van der Waals surface area contributed by atoms with Crippen molar-refractivity contribution in [3.8, 4) is 5.69 Å². The van der Waals surface area contributed by atoms with E-state index in [1.165, 1.54) is 0 Å². The molecule has 0 radical (unpaired) electrons. The first kappa shape index (κ1) is 20.6. The van der Waals surface area contributed by atoms with Gasteiger partial charge in [-0.15, -0.1) is 0 Å². The Morgan fingerprint density at radius 2 is 1.79 bits per heavy atom. The maximum Gasteiger partial charge on any atom is 0.267 e. The summed E-state index contributed by atoms with van der Waals surface area (Å²) in [6, 6.07) is 14.6. The number of nitrogens with zero attached hydrogens (tertiary/aromatic N) is 3. The standard InChI is InChI=1S/C23H28N4O2/c1-5-26(6-2)23-25-20-14-17(21(28)24-15-16(3)4)12-13-19(20)22(29)27(23)18-10-8-7-9-11-18/h7-14,16H,5-6,15H2,1-4H3,(H,24,28). The monoisotopic (exact) mass is 392 g/mol. The summed E-state index contributed by atoms with van der Waals surface area (Å²) in [5, 5.41) is 3.41. The Hall–Kier alpha value is -3.15. The number of hydrogen-bond donors (Lipinski definition) is 1. The van der Waals surface area contributed by atoms with Gasteiger partial charge in [-0.3, -0.25) is 9.59 Å². The van der Waals surface area contributed by atoms with Crippen molar-refractivity contribution in [1.82, 2.24) is 14.9 Å². The van der Waals surface area contributed by atoms with Gasteiger partial charge in [0.15, 0.2) is 0 Å². The fourth-order valence-corrected chi connectivity index (χ4v) is 3.24. The number of hydrogen-bond acceptors (Lipinski definition) is 4. The first-order valence-corrected chi connectivity index (χ1v) is 10.1. The van der Waals surface area contributed by atoms with E-state index < -0.39 is 0 Å². The minimum absolute atomic E-state index is 0.141. The molecular formula is C23H28N4O2. The van der Waals surface area contributed by atoms with Crippen LogP contribution in [0, 0.1) is 5.92 Å². The molecule has 0 aliphatic carbocycles. The zero-order chi connectivity index (χ0) is 21.0. The third kappa shape index (κ3) is 4.31. The lowest BCUT2D eigenvalue weighted by atomic mass is 10.1. The van der Waals surface area contributed by atoms with E-state index in [1.54, 1.807) is 22.8 Å². The number of aromatic nitrogens is 2. The second-order valence-electron chi connectivity index (χ2n) is 7.40. The van der Waals surface area contributed by atoms with Gasteiger partial charge in [0.05, 0.1) is 16.6 Å². The number of fused-ring (bicyclic) bond motifs is 1. The Kier molecular flexibility index (Phi) is 6.32. The summed E-state index contributed by atoms with van der Waals surface area (Å²) >= 11 is 0. The fraction of sp³-hybridized carbons (Fsp3) is 0.348. The zero-order valence-electron chi connectivity index (χ0n) is 17.5. The molecule has 2 aromatic carbocycles. The minimum atomic E-state index is -0.154. The van der Waals surface area contributed by atoms with E-state index >= 15 is 0 Å². The van der Waals surface area contributed by atoms with Gasteiger partial charge in [0.1, 0.15) is 0 Å². The molecule has 6 heteroatoms. The summed E-state index contributed by atoms with van der Waals surface area (Å²) in [5.41, 5.74) is 1.67. The van der Waals surface area contributed by atoms with Gasteiger partial charge >= 0.3 is 0 Å². The molecular weight excluding hydrogens is 364 g/mol. The number of carbonyl (C=O) groups excluding carboxylic acids is 1. The van der Waals surface area contributed by atoms with Crippen molar-refractivity contribution in [3.05, 3.63) is 64.4 Å². The molecule has 0 unspecified atom stereocenters. The van der Waals surface area contributed by atoms with Crippen molar-refractivity contribution in [1.29, 1.82) is 0 Å². The highest BCUT2D eigenvalue weighted by molar-refractivity contribution is 5.97.